The molecule has 0 bridgehead atoms. The number of ether oxygens (including phenoxy) is 3. The molecule has 5 heteroatoms. The zero-order valence-electron chi connectivity index (χ0n) is 25.1. The molecule has 0 amide bonds. The number of fused-ring (bicyclic) bond motifs is 1. The first-order chi connectivity index (χ1) is 16.8. The second-order valence-electron chi connectivity index (χ2n) is 4.88. The molecule has 4 nitrogen and oxygen atoms in total. The number of hydrogen-bond acceptors (Lipinski definition) is 4. The minimum atomic E-state index is -3.40. The predicted molar refractivity (Wildman–Crippen MR) is 88.2 cm³/mol. The molecule has 0 spiro atoms. The second kappa shape index (κ2) is 6.69. The summed E-state index contributed by atoms with van der Waals surface area (Å²) in [7, 11) is 0. The Morgan fingerprint density at radius 3 is 3.00 bits per heavy atom. The first-order valence-electron chi connectivity index (χ1n) is 13.5. The number of piperidine rings is 1. The molecule has 126 valence electrons. The molecule has 2 aliphatic heterocycles. The van der Waals surface area contributed by atoms with Crippen LogP contribution < -0.4 is 19.5 Å². The molecule has 2 aromatic rings. The molecule has 0 radical (unpaired) electrons. The molecular weight excluding hydrogens is 309 g/mol. The molecule has 1 fully saturated rings. The molecule has 0 saturated carbocycles. The molecule has 1 saturated heterocycles. The zero-order valence-corrected chi connectivity index (χ0v) is 12.1. The highest BCUT2D eigenvalue weighted by atomic mass is 19.1. The fourth-order valence-corrected chi connectivity index (χ4v) is 2.21. The molecule has 2 heterocycles. The van der Waals surface area contributed by atoms with Gasteiger partial charge in [-0.3, -0.25) is 0 Å². The van der Waals surface area contributed by atoms with Crippen LogP contribution in [0.3, 0.4) is 0 Å². The Hall–Kier alpha value is -2.27. The Balaban J connectivity index is 1.84. The van der Waals surface area contributed by atoms with Crippen LogP contribution in [0.25, 0.3) is 0 Å². The Kier molecular flexibility index (Phi) is 1.83. The summed E-state index contributed by atoms with van der Waals surface area (Å²) in [6.07, 6.45) is -3.40. The summed E-state index contributed by atoms with van der Waals surface area (Å²) in [6.45, 7) is -9.47. The van der Waals surface area contributed by atoms with Gasteiger partial charge in [-0.05, 0) is 48.5 Å². The van der Waals surface area contributed by atoms with Gasteiger partial charge in [0.1, 0.15) is 14.3 Å². The summed E-state index contributed by atoms with van der Waals surface area (Å²) in [5, 5.41) is 1.87. The minimum absolute atomic E-state index is 0.0429. The third-order valence-electron chi connectivity index (χ3n) is 3.35. The fraction of sp³-hybridized carbons (Fsp3) is 0.368. The molecule has 0 aliphatic carbocycles. The van der Waals surface area contributed by atoms with Crippen molar-refractivity contribution in [2.24, 2.45) is 5.92 Å². The van der Waals surface area contributed by atoms with E-state index in [9.17, 15) is 4.39 Å². The van der Waals surface area contributed by atoms with E-state index in [0.29, 0.717) is 0 Å². The number of halogens is 1. The van der Waals surface area contributed by atoms with Gasteiger partial charge in [0, 0.05) is 28.1 Å². The lowest BCUT2D eigenvalue weighted by molar-refractivity contribution is 0.173. The number of hydrogen-bond donors (Lipinski definition) is 1. The molecular formula is C19H20FNO3. The van der Waals surface area contributed by atoms with Crippen molar-refractivity contribution in [3.8, 4) is 17.2 Å². The van der Waals surface area contributed by atoms with Gasteiger partial charge in [0.15, 0.2) is 11.5 Å². The van der Waals surface area contributed by atoms with Gasteiger partial charge in [0.25, 0.3) is 0 Å². The van der Waals surface area contributed by atoms with Crippen LogP contribution in [0.15, 0.2) is 42.4 Å². The van der Waals surface area contributed by atoms with Crippen LogP contribution in [0.1, 0.15) is 35.7 Å². The summed E-state index contributed by atoms with van der Waals surface area (Å²) in [4.78, 5) is 0. The Labute approximate surface area is 158 Å². The topological polar surface area (TPSA) is 39.7 Å². The third kappa shape index (κ3) is 3.17. The van der Waals surface area contributed by atoms with Crippen molar-refractivity contribution in [2.45, 2.75) is 12.3 Å². The molecule has 24 heavy (non-hydrogen) atoms. The lowest BCUT2D eigenvalue weighted by Crippen LogP contribution is -2.38. The van der Waals surface area contributed by atoms with Crippen molar-refractivity contribution in [3.05, 3.63) is 53.7 Å². The maximum atomic E-state index is 14.2. The molecule has 4 rings (SSSR count). The molecule has 2 aliphatic rings. The average molecular weight is 342 g/mol. The highest BCUT2D eigenvalue weighted by Gasteiger charge is 2.27. The molecule has 2 aromatic carbocycles. The smallest absolute Gasteiger partial charge is 0.231 e. The highest BCUT2D eigenvalue weighted by molar-refractivity contribution is 5.46. The Morgan fingerprint density at radius 1 is 1.29 bits per heavy atom. The van der Waals surface area contributed by atoms with Crippen molar-refractivity contribution in [2.75, 3.05) is 26.3 Å². The summed E-state index contributed by atoms with van der Waals surface area (Å²) in [6, 6.07) is -0.966. The molecule has 1 unspecified atom stereocenters. The first-order valence-corrected chi connectivity index (χ1v) is 6.97. The van der Waals surface area contributed by atoms with E-state index < -0.39 is 80.1 Å². The van der Waals surface area contributed by atoms with Gasteiger partial charge < -0.3 is 19.5 Å². The van der Waals surface area contributed by atoms with E-state index in [0.717, 1.165) is 0 Å². The van der Waals surface area contributed by atoms with Crippen LogP contribution in [0, 0.1) is 11.7 Å². The van der Waals surface area contributed by atoms with E-state index in [1.807, 2.05) is 5.32 Å². The molecule has 0 aromatic heterocycles. The van der Waals surface area contributed by atoms with E-state index in [2.05, 4.69) is 0 Å². The first kappa shape index (κ1) is 6.56. The van der Waals surface area contributed by atoms with Crippen LogP contribution >= 0.6 is 0 Å². The monoisotopic (exact) mass is 342 g/mol. The maximum Gasteiger partial charge on any atom is 0.231 e. The van der Waals surface area contributed by atoms with Crippen LogP contribution in [-0.4, -0.2) is 26.3 Å². The van der Waals surface area contributed by atoms with E-state index in [1.165, 1.54) is 18.2 Å². The summed E-state index contributed by atoms with van der Waals surface area (Å²) in [5.41, 5.74) is -1.03. The average Bonchev–Trinajstić information content (AvgIpc) is 3.07. The van der Waals surface area contributed by atoms with Gasteiger partial charge in [-0.2, -0.15) is 0 Å². The normalized spacial score (nSPS) is 41.7. The van der Waals surface area contributed by atoms with E-state index in [-0.39, 0.29) is 17.2 Å². The second-order valence-corrected chi connectivity index (χ2v) is 4.88. The SMILES string of the molecule is [2H]c1c([2H])c(C2([2H])[C@H](COc3ccc4c(c3)OC([2H])([2H])O4)C([2H])([2H])NC([2H])([2H])C2([2H])[2H])c([2H])c([2H])c1F. The molecule has 2 atom stereocenters. The summed E-state index contributed by atoms with van der Waals surface area (Å²) in [5.74, 6) is -6.82. The van der Waals surface area contributed by atoms with E-state index in [4.69, 9.17) is 32.0 Å². The van der Waals surface area contributed by atoms with Crippen LogP contribution in [-0.2, 0) is 0 Å². The van der Waals surface area contributed by atoms with E-state index >= 15 is 0 Å². The lowest BCUT2D eigenvalue weighted by atomic mass is 9.81. The standard InChI is InChI=1S/C19H20FNO3/c20-15-3-1-13(2-4-15)17-7-8-21-10-14(17)11-22-16-5-6-18-19(9-16)24-12-23-18/h1-6,9,14,17,21H,7-8,10-12H2/t14-,17?/m0/s1/i1D,2D,3D,4D,7D2,8D2,10D2,12D2,17D. The number of benzene rings is 2. The Morgan fingerprint density at radius 2 is 2.12 bits per heavy atom. The number of rotatable bonds is 4. The van der Waals surface area contributed by atoms with Gasteiger partial charge >= 0.3 is 0 Å². The van der Waals surface area contributed by atoms with E-state index in [1.54, 1.807) is 0 Å². The fourth-order valence-electron chi connectivity index (χ4n) is 2.21. The third-order valence-corrected chi connectivity index (χ3v) is 3.35. The van der Waals surface area contributed by atoms with Crippen molar-refractivity contribution in [3.63, 3.8) is 0 Å². The van der Waals surface area contributed by atoms with Crippen molar-refractivity contribution in [1.82, 2.24) is 5.32 Å². The predicted octanol–water partition coefficient (Wildman–Crippen LogP) is 3.33. The van der Waals surface area contributed by atoms with Crippen molar-refractivity contribution in [1.29, 1.82) is 0 Å². The van der Waals surface area contributed by atoms with Gasteiger partial charge in [-0.25, -0.2) is 4.39 Å². The summed E-state index contributed by atoms with van der Waals surface area (Å²) < 4.78 is 136. The van der Waals surface area contributed by atoms with Gasteiger partial charge in [0.2, 0.25) is 6.75 Å². The van der Waals surface area contributed by atoms with Crippen LogP contribution in [0.2, 0.25) is 0 Å². The zero-order chi connectivity index (χ0) is 27.9. The van der Waals surface area contributed by atoms with Crippen LogP contribution in [0.4, 0.5) is 4.39 Å². The summed E-state index contributed by atoms with van der Waals surface area (Å²) >= 11 is 0. The highest BCUT2D eigenvalue weighted by Crippen LogP contribution is 2.36. The van der Waals surface area contributed by atoms with Crippen molar-refractivity contribution >= 4 is 0 Å². The number of nitrogens with one attached hydrogen (secondary N) is 1. The van der Waals surface area contributed by atoms with Gasteiger partial charge in [0.05, 0.1) is 12.1 Å². The molecule has 1 N–H and O–H groups in total. The van der Waals surface area contributed by atoms with Crippen LogP contribution in [0.5, 0.6) is 17.2 Å². The quantitative estimate of drug-likeness (QED) is 0.925. The lowest BCUT2D eigenvalue weighted by Gasteiger charge is -2.32. The minimum Gasteiger partial charge on any atom is -0.493 e. The van der Waals surface area contributed by atoms with Crippen molar-refractivity contribution < 1.29 is 36.4 Å². The Bertz CT molecular complexity index is 1250. The largest absolute Gasteiger partial charge is 0.493 e. The van der Waals surface area contributed by atoms with Gasteiger partial charge in [-0.15, -0.1) is 0 Å². The van der Waals surface area contributed by atoms with Gasteiger partial charge in [-0.1, -0.05) is 12.1 Å². The maximum absolute atomic E-state index is 14.2.